The van der Waals surface area contributed by atoms with Crippen LogP contribution in [-0.2, 0) is 4.74 Å². The van der Waals surface area contributed by atoms with Crippen LogP contribution in [0.2, 0.25) is 0 Å². The summed E-state index contributed by atoms with van der Waals surface area (Å²) in [5, 5.41) is 7.15. The first kappa shape index (κ1) is 19.5. The molecule has 2 fully saturated rings. The summed E-state index contributed by atoms with van der Waals surface area (Å²) in [4.78, 5) is 7.29. The number of guanidine groups is 1. The molecule has 1 aromatic carbocycles. The molecule has 3 aliphatic rings. The van der Waals surface area contributed by atoms with Crippen LogP contribution >= 0.6 is 0 Å². The molecule has 6 heteroatoms. The van der Waals surface area contributed by atoms with Gasteiger partial charge in [-0.25, -0.2) is 0 Å². The molecule has 2 heterocycles. The number of nitrogens with zero attached hydrogens (tertiary/aromatic N) is 2. The standard InChI is InChI=1S/C22H34N4O2/c1-2-23-21(24-11-12-26-13-15-27-16-14-26)25-19-17-22(9-5-6-10-22)28-20-8-4-3-7-18(19)20/h3-4,7-8,19H,2,5-6,9-17H2,1H3,(H2,23,24,25). The third-order valence-corrected chi connectivity index (χ3v) is 6.16. The van der Waals surface area contributed by atoms with E-state index in [1.165, 1.54) is 18.4 Å². The third kappa shape index (κ3) is 4.61. The summed E-state index contributed by atoms with van der Waals surface area (Å²) in [5.41, 5.74) is 1.25. The smallest absolute Gasteiger partial charge is 0.191 e. The lowest BCUT2D eigenvalue weighted by atomic mass is 9.86. The molecule has 0 amide bonds. The number of fused-ring (bicyclic) bond motifs is 1. The number of rotatable bonds is 5. The monoisotopic (exact) mass is 386 g/mol. The highest BCUT2D eigenvalue weighted by atomic mass is 16.5. The van der Waals surface area contributed by atoms with Crippen molar-refractivity contribution in [1.29, 1.82) is 0 Å². The highest BCUT2D eigenvalue weighted by molar-refractivity contribution is 5.80. The minimum Gasteiger partial charge on any atom is -0.487 e. The van der Waals surface area contributed by atoms with Crippen molar-refractivity contribution in [3.05, 3.63) is 29.8 Å². The average Bonchev–Trinajstić information content (AvgIpc) is 3.16. The van der Waals surface area contributed by atoms with E-state index in [9.17, 15) is 0 Å². The molecular weight excluding hydrogens is 352 g/mol. The molecule has 1 spiro atoms. The lowest BCUT2D eigenvalue weighted by molar-refractivity contribution is 0.0391. The Bertz CT molecular complexity index is 666. The Hall–Kier alpha value is -1.79. The van der Waals surface area contributed by atoms with Crippen molar-refractivity contribution in [1.82, 2.24) is 15.5 Å². The van der Waals surface area contributed by atoms with E-state index in [-0.39, 0.29) is 11.6 Å². The summed E-state index contributed by atoms with van der Waals surface area (Å²) in [6.07, 6.45) is 5.86. The number of nitrogens with one attached hydrogen (secondary N) is 2. The molecule has 2 aliphatic heterocycles. The SMILES string of the molecule is CCNC(=NCCN1CCOCC1)NC1CC2(CCCC2)Oc2ccccc21. The largest absolute Gasteiger partial charge is 0.487 e. The van der Waals surface area contributed by atoms with Crippen molar-refractivity contribution in [3.8, 4) is 5.75 Å². The van der Waals surface area contributed by atoms with Gasteiger partial charge in [0.25, 0.3) is 0 Å². The Morgan fingerprint density at radius 1 is 1.21 bits per heavy atom. The van der Waals surface area contributed by atoms with Crippen molar-refractivity contribution in [2.45, 2.75) is 50.7 Å². The molecule has 1 atom stereocenters. The Morgan fingerprint density at radius 3 is 2.79 bits per heavy atom. The Kier molecular flexibility index (Phi) is 6.37. The number of para-hydroxylation sites is 1. The average molecular weight is 387 g/mol. The van der Waals surface area contributed by atoms with Crippen LogP contribution in [0, 0.1) is 0 Å². The van der Waals surface area contributed by atoms with Crippen LogP contribution in [0.3, 0.4) is 0 Å². The van der Waals surface area contributed by atoms with Gasteiger partial charge in [-0.15, -0.1) is 0 Å². The molecule has 4 rings (SSSR count). The molecule has 1 aliphatic carbocycles. The van der Waals surface area contributed by atoms with E-state index in [0.29, 0.717) is 0 Å². The van der Waals surface area contributed by atoms with Crippen molar-refractivity contribution < 1.29 is 9.47 Å². The maximum atomic E-state index is 6.49. The van der Waals surface area contributed by atoms with Gasteiger partial charge in [-0.1, -0.05) is 18.2 Å². The quantitative estimate of drug-likeness (QED) is 0.602. The van der Waals surface area contributed by atoms with Crippen LogP contribution in [-0.4, -0.2) is 62.4 Å². The molecule has 0 bridgehead atoms. The molecule has 1 saturated heterocycles. The van der Waals surface area contributed by atoms with Gasteiger partial charge in [0, 0.05) is 38.2 Å². The van der Waals surface area contributed by atoms with Crippen LogP contribution in [0.5, 0.6) is 5.75 Å². The third-order valence-electron chi connectivity index (χ3n) is 6.16. The molecular formula is C22H34N4O2. The minimum absolute atomic E-state index is 0.00283. The Morgan fingerprint density at radius 2 is 2.00 bits per heavy atom. The molecule has 1 unspecified atom stereocenters. The highest BCUT2D eigenvalue weighted by Crippen LogP contribution is 2.46. The molecule has 6 nitrogen and oxygen atoms in total. The van der Waals surface area contributed by atoms with Crippen LogP contribution in [0.4, 0.5) is 0 Å². The molecule has 28 heavy (non-hydrogen) atoms. The van der Waals surface area contributed by atoms with Crippen LogP contribution < -0.4 is 15.4 Å². The summed E-state index contributed by atoms with van der Waals surface area (Å²) >= 11 is 0. The number of benzene rings is 1. The molecule has 2 N–H and O–H groups in total. The summed E-state index contributed by atoms with van der Waals surface area (Å²) in [6.45, 7) is 8.45. The van der Waals surface area contributed by atoms with Gasteiger partial charge in [-0.2, -0.15) is 0 Å². The summed E-state index contributed by atoms with van der Waals surface area (Å²) < 4.78 is 11.9. The lowest BCUT2D eigenvalue weighted by Crippen LogP contribution is -2.47. The van der Waals surface area contributed by atoms with E-state index in [2.05, 4.69) is 46.7 Å². The first-order chi connectivity index (χ1) is 13.8. The van der Waals surface area contributed by atoms with Gasteiger partial charge in [-0.3, -0.25) is 9.89 Å². The van der Waals surface area contributed by atoms with Crippen molar-refractivity contribution in [3.63, 3.8) is 0 Å². The van der Waals surface area contributed by atoms with Gasteiger partial charge in [-0.05, 0) is 38.7 Å². The minimum atomic E-state index is -0.00283. The second-order valence-electron chi connectivity index (χ2n) is 8.15. The summed E-state index contributed by atoms with van der Waals surface area (Å²) in [6, 6.07) is 8.72. The summed E-state index contributed by atoms with van der Waals surface area (Å²) in [5.74, 6) is 1.95. The normalized spacial score (nSPS) is 24.6. The number of morpholine rings is 1. The molecule has 0 radical (unpaired) electrons. The van der Waals surface area contributed by atoms with Crippen molar-refractivity contribution in [2.24, 2.45) is 4.99 Å². The zero-order chi connectivity index (χ0) is 19.2. The van der Waals surface area contributed by atoms with Crippen molar-refractivity contribution >= 4 is 5.96 Å². The number of hydrogen-bond donors (Lipinski definition) is 2. The number of hydrogen-bond acceptors (Lipinski definition) is 4. The van der Waals surface area contributed by atoms with E-state index in [4.69, 9.17) is 14.5 Å². The molecule has 1 saturated carbocycles. The van der Waals surface area contributed by atoms with Crippen LogP contribution in [0.15, 0.2) is 29.3 Å². The van der Waals surface area contributed by atoms with Gasteiger partial charge in [0.1, 0.15) is 11.4 Å². The van der Waals surface area contributed by atoms with E-state index >= 15 is 0 Å². The second-order valence-corrected chi connectivity index (χ2v) is 8.15. The fraction of sp³-hybridized carbons (Fsp3) is 0.682. The molecule has 154 valence electrons. The number of aliphatic imine (C=N–C) groups is 1. The maximum Gasteiger partial charge on any atom is 0.191 e. The first-order valence-electron chi connectivity index (χ1n) is 10.9. The van der Waals surface area contributed by atoms with Gasteiger partial charge < -0.3 is 20.1 Å². The van der Waals surface area contributed by atoms with E-state index in [1.54, 1.807) is 0 Å². The van der Waals surface area contributed by atoms with Crippen LogP contribution in [0.25, 0.3) is 0 Å². The number of ether oxygens (including phenoxy) is 2. The topological polar surface area (TPSA) is 58.1 Å². The summed E-state index contributed by atoms with van der Waals surface area (Å²) in [7, 11) is 0. The molecule has 0 aromatic heterocycles. The van der Waals surface area contributed by atoms with Gasteiger partial charge in [0.2, 0.25) is 0 Å². The fourth-order valence-corrected chi connectivity index (χ4v) is 4.69. The van der Waals surface area contributed by atoms with Crippen molar-refractivity contribution in [2.75, 3.05) is 45.9 Å². The zero-order valence-electron chi connectivity index (χ0n) is 17.1. The van der Waals surface area contributed by atoms with Crippen LogP contribution in [0.1, 0.15) is 50.6 Å². The van der Waals surface area contributed by atoms with Gasteiger partial charge in [0.05, 0.1) is 25.8 Å². The zero-order valence-corrected chi connectivity index (χ0v) is 17.1. The van der Waals surface area contributed by atoms with E-state index in [0.717, 1.165) is 76.9 Å². The fourth-order valence-electron chi connectivity index (χ4n) is 4.69. The highest BCUT2D eigenvalue weighted by Gasteiger charge is 2.43. The van der Waals surface area contributed by atoms with Gasteiger partial charge in [0.15, 0.2) is 5.96 Å². The Balaban J connectivity index is 1.45. The predicted molar refractivity (Wildman–Crippen MR) is 112 cm³/mol. The van der Waals surface area contributed by atoms with Gasteiger partial charge >= 0.3 is 0 Å². The van der Waals surface area contributed by atoms with E-state index < -0.39 is 0 Å². The Labute approximate surface area is 168 Å². The maximum absolute atomic E-state index is 6.49. The predicted octanol–water partition coefficient (Wildman–Crippen LogP) is 2.71. The lowest BCUT2D eigenvalue weighted by Gasteiger charge is -2.40. The first-order valence-corrected chi connectivity index (χ1v) is 10.9. The second kappa shape index (κ2) is 9.14. The molecule has 1 aromatic rings. The van der Waals surface area contributed by atoms with E-state index in [1.807, 2.05) is 0 Å².